The van der Waals surface area contributed by atoms with Crippen LogP contribution in [-0.2, 0) is 11.3 Å². The van der Waals surface area contributed by atoms with E-state index in [-0.39, 0.29) is 11.1 Å². The molecule has 0 spiro atoms. The number of nitrogens with zero attached hydrogens (tertiary/aromatic N) is 2. The van der Waals surface area contributed by atoms with Gasteiger partial charge >= 0.3 is 0 Å². The highest BCUT2D eigenvalue weighted by Crippen LogP contribution is 2.37. The second-order valence-electron chi connectivity index (χ2n) is 7.59. The summed E-state index contributed by atoms with van der Waals surface area (Å²) < 4.78 is 7.93. The van der Waals surface area contributed by atoms with E-state index in [2.05, 4.69) is 4.57 Å². The van der Waals surface area contributed by atoms with Gasteiger partial charge in [0.15, 0.2) is 0 Å². The van der Waals surface area contributed by atoms with Crippen molar-refractivity contribution in [1.29, 1.82) is 0 Å². The molecule has 4 aromatic rings. The second-order valence-corrected chi connectivity index (χ2v) is 9.46. The molecule has 5 rings (SSSR count). The number of hydrogen-bond donors (Lipinski definition) is 0. The predicted molar refractivity (Wildman–Crippen MR) is 139 cm³/mol. The van der Waals surface area contributed by atoms with Crippen molar-refractivity contribution in [2.75, 3.05) is 11.5 Å². The molecule has 34 heavy (non-hydrogen) atoms. The first kappa shape index (κ1) is 22.6. The Labute approximate surface area is 210 Å². The lowest BCUT2D eigenvalue weighted by atomic mass is 10.1. The van der Waals surface area contributed by atoms with Gasteiger partial charge in [-0.15, -0.1) is 0 Å². The Kier molecular flexibility index (Phi) is 6.37. The number of thioether (sulfide) groups is 1. The number of carbonyl (C=O) groups is 2. The molecule has 2 heterocycles. The molecule has 170 valence electrons. The largest absolute Gasteiger partial charge is 0.492 e. The molecule has 8 heteroatoms. The van der Waals surface area contributed by atoms with Gasteiger partial charge in [-0.1, -0.05) is 47.5 Å². The van der Waals surface area contributed by atoms with Gasteiger partial charge in [0.1, 0.15) is 12.4 Å². The lowest BCUT2D eigenvalue weighted by Crippen LogP contribution is -2.27. The van der Waals surface area contributed by atoms with Crippen LogP contribution in [-0.4, -0.2) is 22.3 Å². The average molecular weight is 509 g/mol. The van der Waals surface area contributed by atoms with Crippen LogP contribution in [0.3, 0.4) is 0 Å². The average Bonchev–Trinajstić information content (AvgIpc) is 3.31. The van der Waals surface area contributed by atoms with E-state index in [1.807, 2.05) is 42.6 Å². The van der Waals surface area contributed by atoms with Crippen LogP contribution in [0.5, 0.6) is 5.75 Å². The highest BCUT2D eigenvalue weighted by molar-refractivity contribution is 8.19. The van der Waals surface area contributed by atoms with Crippen molar-refractivity contribution in [3.05, 3.63) is 99.5 Å². The van der Waals surface area contributed by atoms with E-state index >= 15 is 0 Å². The third-order valence-electron chi connectivity index (χ3n) is 5.38. The van der Waals surface area contributed by atoms with Crippen molar-refractivity contribution in [3.63, 3.8) is 0 Å². The van der Waals surface area contributed by atoms with E-state index < -0.39 is 0 Å². The fraction of sp³-hybridized carbons (Fsp3) is 0.0769. The van der Waals surface area contributed by atoms with Gasteiger partial charge in [-0.3, -0.25) is 9.59 Å². The molecule has 0 unspecified atom stereocenters. The van der Waals surface area contributed by atoms with Crippen molar-refractivity contribution >= 4 is 68.8 Å². The van der Waals surface area contributed by atoms with Crippen LogP contribution in [0.1, 0.15) is 5.56 Å². The summed E-state index contributed by atoms with van der Waals surface area (Å²) in [5.74, 6) is 0.385. The number of imide groups is 1. The number of anilines is 1. The Morgan fingerprint density at radius 2 is 1.71 bits per heavy atom. The highest BCUT2D eigenvalue weighted by Gasteiger charge is 2.36. The van der Waals surface area contributed by atoms with Gasteiger partial charge in [0.2, 0.25) is 0 Å². The molecule has 0 N–H and O–H groups in total. The topological polar surface area (TPSA) is 51.5 Å². The lowest BCUT2D eigenvalue weighted by molar-refractivity contribution is -0.113. The number of carbonyl (C=O) groups excluding carboxylic acids is 2. The fourth-order valence-corrected chi connectivity index (χ4v) is 4.96. The molecule has 0 bridgehead atoms. The second kappa shape index (κ2) is 9.58. The fourth-order valence-electron chi connectivity index (χ4n) is 3.81. The molecule has 0 saturated carbocycles. The van der Waals surface area contributed by atoms with E-state index in [0.717, 1.165) is 38.9 Å². The summed E-state index contributed by atoms with van der Waals surface area (Å²) in [6, 6.07) is 21.9. The molecule has 0 aliphatic carbocycles. The van der Waals surface area contributed by atoms with E-state index in [0.29, 0.717) is 33.8 Å². The van der Waals surface area contributed by atoms with Gasteiger partial charge in [-0.05, 0) is 66.4 Å². The lowest BCUT2D eigenvalue weighted by Gasteiger charge is -2.12. The van der Waals surface area contributed by atoms with Gasteiger partial charge in [0.25, 0.3) is 11.1 Å². The van der Waals surface area contributed by atoms with Crippen molar-refractivity contribution in [1.82, 2.24) is 4.57 Å². The van der Waals surface area contributed by atoms with Gasteiger partial charge in [0, 0.05) is 32.7 Å². The molecule has 1 aliphatic heterocycles. The molecule has 3 aromatic carbocycles. The summed E-state index contributed by atoms with van der Waals surface area (Å²) in [5.41, 5.74) is 2.33. The van der Waals surface area contributed by atoms with Crippen LogP contribution in [0.15, 0.2) is 83.9 Å². The molecular weight excluding hydrogens is 491 g/mol. The number of ether oxygens (including phenoxy) is 1. The first-order chi connectivity index (χ1) is 16.5. The number of aromatic nitrogens is 1. The zero-order valence-corrected chi connectivity index (χ0v) is 20.1. The molecule has 0 radical (unpaired) electrons. The molecule has 1 aromatic heterocycles. The quantitative estimate of drug-likeness (QED) is 0.257. The Balaban J connectivity index is 1.40. The zero-order chi connectivity index (χ0) is 23.7. The number of halogens is 2. The van der Waals surface area contributed by atoms with Gasteiger partial charge in [0.05, 0.1) is 17.1 Å². The maximum Gasteiger partial charge on any atom is 0.298 e. The summed E-state index contributed by atoms with van der Waals surface area (Å²) in [5, 5.41) is 1.76. The Bertz CT molecular complexity index is 1430. The van der Waals surface area contributed by atoms with Gasteiger partial charge in [-0.25, -0.2) is 4.90 Å². The van der Waals surface area contributed by atoms with Crippen LogP contribution < -0.4 is 9.64 Å². The first-order valence-electron chi connectivity index (χ1n) is 10.5. The summed E-state index contributed by atoms with van der Waals surface area (Å²) >= 11 is 12.9. The maximum atomic E-state index is 13.1. The Morgan fingerprint density at radius 3 is 2.50 bits per heavy atom. The smallest absolute Gasteiger partial charge is 0.298 e. The summed E-state index contributed by atoms with van der Waals surface area (Å²) in [7, 11) is 0. The molecule has 1 fully saturated rings. The van der Waals surface area contributed by atoms with Crippen LogP contribution in [0.2, 0.25) is 10.0 Å². The number of benzene rings is 3. The Hall–Kier alpha value is -3.19. The third kappa shape index (κ3) is 4.57. The van der Waals surface area contributed by atoms with E-state index in [1.165, 1.54) is 0 Å². The number of hydrogen-bond acceptors (Lipinski definition) is 4. The molecule has 0 atom stereocenters. The van der Waals surface area contributed by atoms with E-state index in [1.54, 1.807) is 42.5 Å². The third-order valence-corrected chi connectivity index (χ3v) is 6.74. The van der Waals surface area contributed by atoms with Crippen molar-refractivity contribution in [3.8, 4) is 5.75 Å². The van der Waals surface area contributed by atoms with E-state index in [9.17, 15) is 9.59 Å². The first-order valence-corrected chi connectivity index (χ1v) is 12.1. The number of rotatable bonds is 6. The zero-order valence-electron chi connectivity index (χ0n) is 17.8. The van der Waals surface area contributed by atoms with Crippen LogP contribution in [0, 0.1) is 0 Å². The monoisotopic (exact) mass is 508 g/mol. The predicted octanol–water partition coefficient (Wildman–Crippen LogP) is 7.27. The summed E-state index contributed by atoms with van der Waals surface area (Å²) in [6.45, 7) is 1.08. The van der Waals surface area contributed by atoms with Crippen LogP contribution in [0.25, 0.3) is 17.0 Å². The molecular formula is C26H18Cl2N2O3S. The standard InChI is InChI=1S/C26H18Cl2N2O3S/c27-18-8-10-21(11-9-18)33-13-12-29-16-17(22-6-1-2-7-23(22)29)14-24-25(31)30(26(32)34-24)20-5-3-4-19(28)15-20/h1-11,14-16H,12-13H2/b24-14-. The highest BCUT2D eigenvalue weighted by atomic mass is 35.5. The normalized spacial score (nSPS) is 15.0. The molecule has 2 amide bonds. The van der Waals surface area contributed by atoms with Crippen molar-refractivity contribution in [2.24, 2.45) is 0 Å². The Morgan fingerprint density at radius 1 is 0.912 bits per heavy atom. The maximum absolute atomic E-state index is 13.1. The number of para-hydroxylation sites is 1. The summed E-state index contributed by atoms with van der Waals surface area (Å²) in [4.78, 5) is 27.2. The van der Waals surface area contributed by atoms with Gasteiger partial charge < -0.3 is 9.30 Å². The van der Waals surface area contributed by atoms with Gasteiger partial charge in [-0.2, -0.15) is 0 Å². The SMILES string of the molecule is O=C1S/C(=C\c2cn(CCOc3ccc(Cl)cc3)c3ccccc23)C(=O)N1c1cccc(Cl)c1. The molecule has 1 aliphatic rings. The molecule has 1 saturated heterocycles. The minimum Gasteiger partial charge on any atom is -0.492 e. The minimum absolute atomic E-state index is 0.349. The van der Waals surface area contributed by atoms with Crippen molar-refractivity contribution in [2.45, 2.75) is 6.54 Å². The van der Waals surface area contributed by atoms with Crippen LogP contribution >= 0.6 is 35.0 Å². The van der Waals surface area contributed by atoms with Crippen LogP contribution in [0.4, 0.5) is 10.5 Å². The number of fused-ring (bicyclic) bond motifs is 1. The minimum atomic E-state index is -0.361. The molecule has 5 nitrogen and oxygen atoms in total. The summed E-state index contributed by atoms with van der Waals surface area (Å²) in [6.07, 6.45) is 3.75. The van der Waals surface area contributed by atoms with E-state index in [4.69, 9.17) is 27.9 Å². The number of amides is 2. The van der Waals surface area contributed by atoms with Crippen molar-refractivity contribution < 1.29 is 14.3 Å².